The number of hydroxylamine groups is 2. The van der Waals surface area contributed by atoms with Crippen LogP contribution >= 0.6 is 44.0 Å². The third kappa shape index (κ3) is 4.72. The number of alkyl halides is 1. The van der Waals surface area contributed by atoms with Crippen LogP contribution in [0.15, 0.2) is 12.1 Å². The molecule has 148 valence electrons. The van der Waals surface area contributed by atoms with Crippen LogP contribution in [0, 0.1) is 5.95 Å². The summed E-state index contributed by atoms with van der Waals surface area (Å²) in [7, 11) is 4.36. The van der Waals surface area contributed by atoms with Gasteiger partial charge in [0.2, 0.25) is 5.95 Å². The summed E-state index contributed by atoms with van der Waals surface area (Å²) >= 11 is 18.3. The Morgan fingerprint density at radius 3 is 2.41 bits per heavy atom. The van der Waals surface area contributed by atoms with Gasteiger partial charge in [-0.1, -0.05) is 44.0 Å². The zero-order valence-corrected chi connectivity index (χ0v) is 18.1. The number of carbonyl (C=O) groups excluding carboxylic acids is 1. The van der Waals surface area contributed by atoms with Gasteiger partial charge in [-0.3, -0.25) is 9.63 Å². The molecule has 1 heterocycles. The maximum atomic E-state index is 14.4. The topological polar surface area (TPSA) is 47.4 Å². The van der Waals surface area contributed by atoms with Gasteiger partial charge in [0.1, 0.15) is 11.3 Å². The summed E-state index contributed by atoms with van der Waals surface area (Å²) in [5.74, 6) is -3.54. The van der Waals surface area contributed by atoms with Crippen molar-refractivity contribution in [3.63, 3.8) is 0 Å². The maximum Gasteiger partial charge on any atom is 0.284 e. The van der Waals surface area contributed by atoms with E-state index in [1.807, 2.05) is 9.24 Å². The second-order valence-electron chi connectivity index (χ2n) is 5.79. The van der Waals surface area contributed by atoms with Crippen LogP contribution in [-0.2, 0) is 18.3 Å². The molecule has 2 rings (SSSR count). The summed E-state index contributed by atoms with van der Waals surface area (Å²) in [5, 5.41) is 5.66. The van der Waals surface area contributed by atoms with Gasteiger partial charge in [-0.2, -0.15) is 9.49 Å². The molecule has 0 bridgehead atoms. The summed E-state index contributed by atoms with van der Waals surface area (Å²) in [4.78, 5) is 18.0. The van der Waals surface area contributed by atoms with Crippen LogP contribution in [0.5, 0.6) is 0 Å². The first-order chi connectivity index (χ1) is 12.6. The number of hydrogen-bond donors (Lipinski definition) is 0. The van der Waals surface area contributed by atoms with Gasteiger partial charge in [0.15, 0.2) is 5.91 Å². The lowest BCUT2D eigenvalue weighted by Gasteiger charge is -2.27. The SMILES string of the molecule is CON(C(=O)c1c(C(F)P)nn(C)c1F)C(C)Cc1c(Cl)cc(Cl)cc1Cl. The van der Waals surface area contributed by atoms with E-state index in [1.54, 1.807) is 6.92 Å². The third-order valence-electron chi connectivity index (χ3n) is 3.88. The number of nitrogens with zero attached hydrogens (tertiary/aromatic N) is 3. The van der Waals surface area contributed by atoms with E-state index in [4.69, 9.17) is 39.6 Å². The number of hydrogen-bond acceptors (Lipinski definition) is 3. The van der Waals surface area contributed by atoms with E-state index < -0.39 is 29.4 Å². The molecule has 0 aliphatic heterocycles. The number of amides is 1. The van der Waals surface area contributed by atoms with Crippen molar-refractivity contribution < 1.29 is 18.4 Å². The minimum absolute atomic E-state index is 0.200. The Labute approximate surface area is 172 Å². The summed E-state index contributed by atoms with van der Waals surface area (Å²) < 4.78 is 28.9. The van der Waals surface area contributed by atoms with Crippen molar-refractivity contribution in [2.75, 3.05) is 7.11 Å². The predicted octanol–water partition coefficient (Wildman–Crippen LogP) is 5.00. The average molecular weight is 459 g/mol. The molecule has 0 aliphatic carbocycles. The first kappa shape index (κ1) is 22.3. The molecule has 0 fully saturated rings. The van der Waals surface area contributed by atoms with Gasteiger partial charge >= 0.3 is 0 Å². The van der Waals surface area contributed by atoms with Crippen molar-refractivity contribution in [1.82, 2.24) is 14.8 Å². The first-order valence-electron chi connectivity index (χ1n) is 7.71. The maximum absolute atomic E-state index is 14.4. The number of benzene rings is 1. The highest BCUT2D eigenvalue weighted by molar-refractivity contribution is 7.16. The van der Waals surface area contributed by atoms with E-state index in [0.717, 1.165) is 9.75 Å². The number of carbonyl (C=O) groups is 1. The lowest BCUT2D eigenvalue weighted by atomic mass is 10.1. The molecule has 0 saturated carbocycles. The van der Waals surface area contributed by atoms with Crippen LogP contribution in [-0.4, -0.2) is 33.9 Å². The normalized spacial score (nSPS) is 13.5. The minimum atomic E-state index is -1.71. The molecule has 1 aromatic carbocycles. The Balaban J connectivity index is 2.36. The van der Waals surface area contributed by atoms with E-state index in [-0.39, 0.29) is 12.1 Å². The average Bonchev–Trinajstić information content (AvgIpc) is 2.87. The van der Waals surface area contributed by atoms with Crippen molar-refractivity contribution in [2.24, 2.45) is 7.05 Å². The van der Waals surface area contributed by atoms with Crippen LogP contribution in [0.1, 0.15) is 34.5 Å². The number of halogens is 5. The Hall–Kier alpha value is -0.980. The molecule has 2 aromatic rings. The largest absolute Gasteiger partial charge is 0.284 e. The van der Waals surface area contributed by atoms with Crippen LogP contribution in [0.25, 0.3) is 0 Å². The molecule has 0 N–H and O–H groups in total. The fourth-order valence-corrected chi connectivity index (χ4v) is 3.84. The van der Waals surface area contributed by atoms with E-state index in [9.17, 15) is 13.6 Å². The second kappa shape index (κ2) is 9.01. The summed E-state index contributed by atoms with van der Waals surface area (Å²) in [6.45, 7) is 1.66. The lowest BCUT2D eigenvalue weighted by Crippen LogP contribution is -2.39. The first-order valence-corrected chi connectivity index (χ1v) is 9.51. The zero-order chi connectivity index (χ0) is 20.5. The molecule has 1 aromatic heterocycles. The van der Waals surface area contributed by atoms with Crippen LogP contribution in [0.2, 0.25) is 15.1 Å². The molecule has 27 heavy (non-hydrogen) atoms. The smallest absolute Gasteiger partial charge is 0.274 e. The van der Waals surface area contributed by atoms with Gasteiger partial charge < -0.3 is 0 Å². The molecule has 3 atom stereocenters. The van der Waals surface area contributed by atoms with Crippen molar-refractivity contribution in [3.05, 3.63) is 50.0 Å². The molecule has 0 aliphatic rings. The van der Waals surface area contributed by atoms with Crippen LogP contribution in [0.4, 0.5) is 8.78 Å². The van der Waals surface area contributed by atoms with Crippen molar-refractivity contribution >= 4 is 49.9 Å². The Bertz CT molecular complexity index is 841. The fourth-order valence-electron chi connectivity index (χ4n) is 2.63. The summed E-state index contributed by atoms with van der Waals surface area (Å²) in [6, 6.07) is 2.45. The Kier molecular flexibility index (Phi) is 7.45. The molecule has 0 spiro atoms. The van der Waals surface area contributed by atoms with E-state index in [2.05, 4.69) is 5.10 Å². The molecule has 1 amide bonds. The highest BCUT2D eigenvalue weighted by Gasteiger charge is 2.32. The van der Waals surface area contributed by atoms with Crippen LogP contribution in [0.3, 0.4) is 0 Å². The molecular formula is C16H17Cl3F2N3O2P. The molecule has 0 saturated heterocycles. The quantitative estimate of drug-likeness (QED) is 0.452. The van der Waals surface area contributed by atoms with Crippen molar-refractivity contribution in [3.8, 4) is 0 Å². The summed E-state index contributed by atoms with van der Waals surface area (Å²) in [6.07, 6.45) is 0.200. The van der Waals surface area contributed by atoms with E-state index in [0.29, 0.717) is 20.6 Å². The Morgan fingerprint density at radius 2 is 1.93 bits per heavy atom. The third-order valence-corrected chi connectivity index (χ3v) is 5.09. The lowest BCUT2D eigenvalue weighted by molar-refractivity contribution is -0.119. The monoisotopic (exact) mass is 457 g/mol. The molecule has 3 unspecified atom stereocenters. The van der Waals surface area contributed by atoms with Gasteiger partial charge in [0, 0.05) is 22.1 Å². The van der Waals surface area contributed by atoms with Gasteiger partial charge in [0.25, 0.3) is 5.91 Å². The van der Waals surface area contributed by atoms with Crippen molar-refractivity contribution in [1.29, 1.82) is 0 Å². The standard InChI is InChI=1S/C16H17Cl3F2N3O2P/c1-7(4-9-10(18)5-8(17)6-11(9)19)24(26-3)16(25)12-13(15(21)27)22-23(2)14(12)20/h5-7,15H,4,27H2,1-3H3. The van der Waals surface area contributed by atoms with Crippen LogP contribution < -0.4 is 0 Å². The van der Waals surface area contributed by atoms with E-state index >= 15 is 0 Å². The molecule has 11 heteroatoms. The van der Waals surface area contributed by atoms with Gasteiger partial charge in [-0.25, -0.2) is 14.1 Å². The fraction of sp³-hybridized carbons (Fsp3) is 0.375. The molecule has 5 nitrogen and oxygen atoms in total. The highest BCUT2D eigenvalue weighted by Crippen LogP contribution is 2.32. The summed E-state index contributed by atoms with van der Waals surface area (Å²) in [5.41, 5.74) is -0.282. The van der Waals surface area contributed by atoms with Gasteiger partial charge in [-0.05, 0) is 31.0 Å². The second-order valence-corrected chi connectivity index (χ2v) is 7.63. The van der Waals surface area contributed by atoms with Gasteiger partial charge in [0.05, 0.1) is 13.2 Å². The van der Waals surface area contributed by atoms with E-state index in [1.165, 1.54) is 26.3 Å². The molecule has 0 radical (unpaired) electrons. The number of aromatic nitrogens is 2. The minimum Gasteiger partial charge on any atom is -0.274 e. The number of aryl methyl sites for hydroxylation is 1. The zero-order valence-electron chi connectivity index (χ0n) is 14.6. The molecular weight excluding hydrogens is 442 g/mol. The van der Waals surface area contributed by atoms with Crippen molar-refractivity contribution in [2.45, 2.75) is 25.3 Å². The predicted molar refractivity (Wildman–Crippen MR) is 105 cm³/mol. The Morgan fingerprint density at radius 1 is 1.37 bits per heavy atom. The highest BCUT2D eigenvalue weighted by atomic mass is 35.5. The number of rotatable bonds is 6. The van der Waals surface area contributed by atoms with Gasteiger partial charge in [-0.15, -0.1) is 0 Å².